The van der Waals surface area contributed by atoms with Gasteiger partial charge in [-0.2, -0.15) is 18.4 Å². The van der Waals surface area contributed by atoms with Gasteiger partial charge in [0.1, 0.15) is 23.3 Å². The van der Waals surface area contributed by atoms with Crippen LogP contribution in [0.5, 0.6) is 5.88 Å². The minimum absolute atomic E-state index is 0.137. The summed E-state index contributed by atoms with van der Waals surface area (Å²) in [7, 11) is 0. The van der Waals surface area contributed by atoms with Crippen molar-refractivity contribution in [3.05, 3.63) is 99.5 Å². The molecule has 0 atom stereocenters. The quantitative estimate of drug-likeness (QED) is 0.224. The fourth-order valence-corrected chi connectivity index (χ4v) is 4.95. The van der Waals surface area contributed by atoms with Crippen LogP contribution >= 0.6 is 11.3 Å². The average Bonchev–Trinajstić information content (AvgIpc) is 3.36. The van der Waals surface area contributed by atoms with E-state index in [0.717, 1.165) is 28.0 Å². The van der Waals surface area contributed by atoms with Crippen molar-refractivity contribution in [2.24, 2.45) is 0 Å². The molecule has 0 saturated carbocycles. The maximum atomic E-state index is 14.4. The van der Waals surface area contributed by atoms with Gasteiger partial charge in [-0.15, -0.1) is 11.3 Å². The molecular weight excluding hydrogens is 537 g/mol. The van der Waals surface area contributed by atoms with Crippen LogP contribution < -0.4 is 10.3 Å². The number of pyridine rings is 2. The molecule has 4 aromatic rings. The maximum Gasteiger partial charge on any atom is 0.417 e. The number of nitriles is 1. The zero-order chi connectivity index (χ0) is 28.5. The third kappa shape index (κ3) is 5.61. The number of hydrogen-bond donors (Lipinski definition) is 0. The highest BCUT2D eigenvalue weighted by molar-refractivity contribution is 7.18. The number of nitrogens with zero attached hydrogens (tertiary/aromatic N) is 3. The molecule has 0 unspecified atom stereocenters. The van der Waals surface area contributed by atoms with Gasteiger partial charge in [0.05, 0.1) is 29.3 Å². The van der Waals surface area contributed by atoms with Crippen LogP contribution in [0.3, 0.4) is 0 Å². The second-order valence-corrected chi connectivity index (χ2v) is 9.59. The Bertz CT molecular complexity index is 1680. The van der Waals surface area contributed by atoms with E-state index in [0.29, 0.717) is 46.2 Å². The van der Waals surface area contributed by atoms with Gasteiger partial charge in [-0.25, -0.2) is 13.8 Å². The van der Waals surface area contributed by atoms with Gasteiger partial charge < -0.3 is 9.30 Å². The number of allylic oxidation sites excluding steroid dienone is 1. The zero-order valence-corrected chi connectivity index (χ0v) is 21.5. The van der Waals surface area contributed by atoms with Gasteiger partial charge in [0.25, 0.3) is 5.56 Å². The molecule has 0 N–H and O–H groups in total. The minimum Gasteiger partial charge on any atom is -0.478 e. The van der Waals surface area contributed by atoms with E-state index < -0.39 is 41.0 Å². The predicted molar refractivity (Wildman–Crippen MR) is 138 cm³/mol. The summed E-state index contributed by atoms with van der Waals surface area (Å²) in [6.07, 6.45) is -3.44. The number of thiophene rings is 1. The molecule has 0 aliphatic carbocycles. The number of halogens is 5. The highest BCUT2D eigenvalue weighted by Gasteiger charge is 2.37. The highest BCUT2D eigenvalue weighted by Crippen LogP contribution is 2.39. The van der Waals surface area contributed by atoms with Crippen LogP contribution in [0.25, 0.3) is 26.6 Å². The van der Waals surface area contributed by atoms with E-state index >= 15 is 0 Å². The molecular formula is C28H20F5N3O2S. The number of ether oxygens (including phenoxy) is 1. The van der Waals surface area contributed by atoms with Crippen molar-refractivity contribution in [2.75, 3.05) is 6.61 Å². The zero-order valence-electron chi connectivity index (χ0n) is 20.7. The largest absolute Gasteiger partial charge is 0.478 e. The molecule has 0 fully saturated rings. The van der Waals surface area contributed by atoms with E-state index in [1.807, 2.05) is 6.92 Å². The van der Waals surface area contributed by atoms with E-state index in [2.05, 4.69) is 11.6 Å². The molecule has 0 bridgehead atoms. The van der Waals surface area contributed by atoms with E-state index in [1.54, 1.807) is 25.3 Å². The number of alkyl halides is 3. The van der Waals surface area contributed by atoms with Crippen molar-refractivity contribution in [1.29, 1.82) is 5.26 Å². The van der Waals surface area contributed by atoms with Gasteiger partial charge in [-0.1, -0.05) is 12.6 Å². The van der Waals surface area contributed by atoms with E-state index in [9.17, 15) is 32.0 Å². The summed E-state index contributed by atoms with van der Waals surface area (Å²) in [5.41, 5.74) is -2.08. The van der Waals surface area contributed by atoms with Gasteiger partial charge in [0.15, 0.2) is 0 Å². The highest BCUT2D eigenvalue weighted by atomic mass is 32.1. The molecule has 0 spiro atoms. The van der Waals surface area contributed by atoms with Crippen LogP contribution in [0, 0.1) is 23.0 Å². The third-order valence-electron chi connectivity index (χ3n) is 5.80. The first-order valence-electron chi connectivity index (χ1n) is 11.5. The lowest BCUT2D eigenvalue weighted by molar-refractivity contribution is -0.137. The van der Waals surface area contributed by atoms with Crippen LogP contribution in [0.2, 0.25) is 0 Å². The van der Waals surface area contributed by atoms with Gasteiger partial charge in [-0.3, -0.25) is 4.79 Å². The number of hydrogen-bond acceptors (Lipinski definition) is 5. The van der Waals surface area contributed by atoms with Gasteiger partial charge >= 0.3 is 6.18 Å². The molecule has 0 aliphatic rings. The second kappa shape index (κ2) is 10.8. The Labute approximate surface area is 224 Å². The van der Waals surface area contributed by atoms with Gasteiger partial charge in [0, 0.05) is 33.8 Å². The van der Waals surface area contributed by atoms with Crippen molar-refractivity contribution in [3.8, 4) is 33.0 Å². The van der Waals surface area contributed by atoms with Crippen LogP contribution in [-0.2, 0) is 12.7 Å². The molecule has 5 nitrogen and oxygen atoms in total. The lowest BCUT2D eigenvalue weighted by Gasteiger charge is -2.17. The molecule has 11 heteroatoms. The lowest BCUT2D eigenvalue weighted by Crippen LogP contribution is -2.28. The fourth-order valence-electron chi connectivity index (χ4n) is 3.93. The van der Waals surface area contributed by atoms with Crippen molar-refractivity contribution in [1.82, 2.24) is 9.55 Å². The monoisotopic (exact) mass is 557 g/mol. The molecule has 4 rings (SSSR count). The summed E-state index contributed by atoms with van der Waals surface area (Å²) in [6, 6.07) is 9.67. The van der Waals surface area contributed by atoms with E-state index in [1.165, 1.54) is 12.1 Å². The average molecular weight is 558 g/mol. The fraction of sp³-hybridized carbons (Fsp3) is 0.179. The van der Waals surface area contributed by atoms with Crippen LogP contribution in [0.1, 0.15) is 36.1 Å². The molecule has 1 aromatic carbocycles. The number of benzene rings is 1. The summed E-state index contributed by atoms with van der Waals surface area (Å²) >= 11 is 1.08. The molecule has 200 valence electrons. The van der Waals surface area contributed by atoms with Gasteiger partial charge in [-0.05, 0) is 49.8 Å². The third-order valence-corrected chi connectivity index (χ3v) is 6.95. The van der Waals surface area contributed by atoms with Crippen molar-refractivity contribution in [2.45, 2.75) is 26.6 Å². The van der Waals surface area contributed by atoms with Crippen LogP contribution in [-0.4, -0.2) is 16.2 Å². The minimum atomic E-state index is -4.99. The first-order valence-corrected chi connectivity index (χ1v) is 12.3. The van der Waals surface area contributed by atoms with E-state index in [-0.39, 0.29) is 16.1 Å². The normalized spacial score (nSPS) is 11.3. The van der Waals surface area contributed by atoms with Gasteiger partial charge in [0.2, 0.25) is 5.88 Å². The van der Waals surface area contributed by atoms with Crippen molar-refractivity contribution in [3.63, 3.8) is 0 Å². The maximum absolute atomic E-state index is 14.4. The Kier molecular flexibility index (Phi) is 7.70. The van der Waals surface area contributed by atoms with Crippen LogP contribution in [0.15, 0.2) is 60.0 Å². The summed E-state index contributed by atoms with van der Waals surface area (Å²) in [5.74, 6) is -1.44. The molecule has 0 radical (unpaired) electrons. The van der Waals surface area contributed by atoms with Crippen molar-refractivity contribution >= 4 is 16.9 Å². The standard InChI is InChI=1S/C28H20F5N3O2S/c1-4-38-26-19(15(2)3)9-17(13-35-26)24-7-8-25(39-24)23-11-21(28(31,32)33)20(12-34)27(37)36(23)14-16-5-6-18(29)10-22(16)30/h5-11,13H,2,4,14H2,1,3H3. The first-order chi connectivity index (χ1) is 18.4. The SMILES string of the molecule is C=C(C)c1cc(-c2ccc(-c3cc(C(F)(F)F)c(C#N)c(=O)n3Cc3ccc(F)cc3F)s2)cnc1OCC. The molecule has 39 heavy (non-hydrogen) atoms. The van der Waals surface area contributed by atoms with E-state index in [4.69, 9.17) is 4.74 Å². The molecule has 3 aromatic heterocycles. The Morgan fingerprint density at radius 1 is 1.15 bits per heavy atom. The molecule has 0 aliphatic heterocycles. The summed E-state index contributed by atoms with van der Waals surface area (Å²) in [6.45, 7) is 7.40. The smallest absolute Gasteiger partial charge is 0.417 e. The Morgan fingerprint density at radius 3 is 2.49 bits per heavy atom. The topological polar surface area (TPSA) is 67.9 Å². The van der Waals surface area contributed by atoms with Crippen molar-refractivity contribution < 1.29 is 26.7 Å². The Morgan fingerprint density at radius 2 is 1.87 bits per heavy atom. The second-order valence-electron chi connectivity index (χ2n) is 8.51. The molecule has 0 saturated heterocycles. The van der Waals surface area contributed by atoms with Crippen LogP contribution in [0.4, 0.5) is 22.0 Å². The lowest BCUT2D eigenvalue weighted by atomic mass is 10.1. The summed E-state index contributed by atoms with van der Waals surface area (Å²) < 4.78 is 75.8. The summed E-state index contributed by atoms with van der Waals surface area (Å²) in [4.78, 5) is 18.4. The number of rotatable bonds is 7. The number of aromatic nitrogens is 2. The Hall–Kier alpha value is -4.30. The molecule has 3 heterocycles. The summed E-state index contributed by atoms with van der Waals surface area (Å²) in [5, 5.41) is 9.38. The first kappa shape index (κ1) is 27.7. The Balaban J connectivity index is 1.90. The predicted octanol–water partition coefficient (Wildman–Crippen LogP) is 7.29. The molecule has 0 amide bonds.